The average molecular weight is 338 g/mol. The standard InChI is InChI=1S/C18H14N2O3S/c1-20-13-8-4-5-9-15(13)24-18(20)19-16(21)10-14-11-6-2-3-7-12(11)17(22)23-14/h2-9,14H,10H2,1H3/t14-/m0/s1. The fourth-order valence-electron chi connectivity index (χ4n) is 2.87. The second-order valence-corrected chi connectivity index (χ2v) is 6.61. The highest BCUT2D eigenvalue weighted by Gasteiger charge is 2.31. The van der Waals surface area contributed by atoms with Crippen molar-refractivity contribution < 1.29 is 14.3 Å². The highest BCUT2D eigenvalue weighted by Crippen LogP contribution is 2.32. The van der Waals surface area contributed by atoms with E-state index in [2.05, 4.69) is 4.99 Å². The van der Waals surface area contributed by atoms with E-state index in [9.17, 15) is 9.59 Å². The third kappa shape index (κ3) is 2.45. The van der Waals surface area contributed by atoms with Gasteiger partial charge in [-0.3, -0.25) is 4.79 Å². The lowest BCUT2D eigenvalue weighted by Crippen LogP contribution is -2.14. The van der Waals surface area contributed by atoms with Crippen molar-refractivity contribution in [3.05, 3.63) is 64.5 Å². The van der Waals surface area contributed by atoms with Gasteiger partial charge in [0.15, 0.2) is 4.80 Å². The van der Waals surface area contributed by atoms with E-state index in [1.54, 1.807) is 12.1 Å². The van der Waals surface area contributed by atoms with E-state index in [1.165, 1.54) is 11.3 Å². The summed E-state index contributed by atoms with van der Waals surface area (Å²) >= 11 is 1.46. The monoisotopic (exact) mass is 338 g/mol. The highest BCUT2D eigenvalue weighted by atomic mass is 32.1. The van der Waals surface area contributed by atoms with Crippen LogP contribution in [0.25, 0.3) is 10.2 Å². The molecule has 2 aromatic carbocycles. The molecule has 0 unspecified atom stereocenters. The number of rotatable bonds is 2. The Morgan fingerprint density at radius 2 is 1.96 bits per heavy atom. The summed E-state index contributed by atoms with van der Waals surface area (Å²) in [5, 5.41) is 0. The number of aromatic nitrogens is 1. The minimum Gasteiger partial charge on any atom is -0.453 e. The summed E-state index contributed by atoms with van der Waals surface area (Å²) in [4.78, 5) is 29.0. The Morgan fingerprint density at radius 1 is 1.21 bits per heavy atom. The molecule has 6 heteroatoms. The molecule has 120 valence electrons. The molecule has 0 saturated carbocycles. The number of hydrogen-bond donors (Lipinski definition) is 0. The number of hydrogen-bond acceptors (Lipinski definition) is 4. The first-order chi connectivity index (χ1) is 11.6. The van der Waals surface area contributed by atoms with Crippen LogP contribution in [0.5, 0.6) is 0 Å². The van der Waals surface area contributed by atoms with Crippen LogP contribution in [0.2, 0.25) is 0 Å². The molecule has 0 spiro atoms. The second-order valence-electron chi connectivity index (χ2n) is 5.60. The Morgan fingerprint density at radius 3 is 2.79 bits per heavy atom. The number of fused-ring (bicyclic) bond motifs is 2. The van der Waals surface area contributed by atoms with Crippen molar-refractivity contribution in [1.82, 2.24) is 4.57 Å². The zero-order valence-corrected chi connectivity index (χ0v) is 13.7. The first kappa shape index (κ1) is 14.8. The fraction of sp³-hybridized carbons (Fsp3) is 0.167. The molecule has 0 radical (unpaired) electrons. The van der Waals surface area contributed by atoms with Crippen LogP contribution in [-0.4, -0.2) is 16.4 Å². The minimum absolute atomic E-state index is 0.0526. The van der Waals surface area contributed by atoms with Crippen molar-refractivity contribution in [3.63, 3.8) is 0 Å². The molecular weight excluding hydrogens is 324 g/mol. The maximum absolute atomic E-state index is 12.3. The maximum atomic E-state index is 12.3. The van der Waals surface area contributed by atoms with Gasteiger partial charge in [-0.05, 0) is 18.2 Å². The van der Waals surface area contributed by atoms with Gasteiger partial charge in [0.05, 0.1) is 22.2 Å². The number of aryl methyl sites for hydroxylation is 1. The SMILES string of the molecule is Cn1c(=NC(=O)C[C@@H]2OC(=O)c3ccccc32)sc2ccccc21. The molecule has 0 fully saturated rings. The van der Waals surface area contributed by atoms with Crippen molar-refractivity contribution >= 4 is 33.4 Å². The third-order valence-corrected chi connectivity index (χ3v) is 5.18. The molecule has 0 N–H and O–H groups in total. The summed E-state index contributed by atoms with van der Waals surface area (Å²) < 4.78 is 8.27. The van der Waals surface area contributed by atoms with E-state index in [4.69, 9.17) is 4.74 Å². The van der Waals surface area contributed by atoms with Crippen LogP contribution in [0.1, 0.15) is 28.4 Å². The maximum Gasteiger partial charge on any atom is 0.339 e. The summed E-state index contributed by atoms with van der Waals surface area (Å²) in [5.41, 5.74) is 2.32. The van der Waals surface area contributed by atoms with Gasteiger partial charge in [0.1, 0.15) is 6.10 Å². The van der Waals surface area contributed by atoms with Crippen molar-refractivity contribution in [2.24, 2.45) is 12.0 Å². The molecule has 24 heavy (non-hydrogen) atoms. The first-order valence-electron chi connectivity index (χ1n) is 7.55. The largest absolute Gasteiger partial charge is 0.453 e. The summed E-state index contributed by atoms with van der Waals surface area (Å²) in [6.45, 7) is 0. The van der Waals surface area contributed by atoms with Crippen LogP contribution in [0.4, 0.5) is 0 Å². The molecule has 0 aliphatic carbocycles. The zero-order chi connectivity index (χ0) is 16.7. The van der Waals surface area contributed by atoms with Crippen molar-refractivity contribution in [1.29, 1.82) is 0 Å². The Labute approximate surface area is 141 Å². The van der Waals surface area contributed by atoms with Gasteiger partial charge in [-0.15, -0.1) is 0 Å². The molecule has 3 aromatic rings. The molecule has 1 atom stereocenters. The number of thiazole rings is 1. The normalized spacial score (nSPS) is 17.1. The molecule has 1 aromatic heterocycles. The summed E-state index contributed by atoms with van der Waals surface area (Å²) in [7, 11) is 1.88. The lowest BCUT2D eigenvalue weighted by atomic mass is 10.0. The minimum atomic E-state index is -0.551. The quantitative estimate of drug-likeness (QED) is 0.675. The number of benzene rings is 2. The molecule has 1 aliphatic rings. The smallest absolute Gasteiger partial charge is 0.339 e. The van der Waals surface area contributed by atoms with Crippen molar-refractivity contribution in [3.8, 4) is 0 Å². The second kappa shape index (κ2) is 5.72. The number of ether oxygens (including phenoxy) is 1. The molecular formula is C18H14N2O3S. The van der Waals surface area contributed by atoms with Crippen LogP contribution in [0, 0.1) is 0 Å². The zero-order valence-electron chi connectivity index (χ0n) is 12.9. The Balaban J connectivity index is 1.63. The first-order valence-corrected chi connectivity index (χ1v) is 8.37. The van der Waals surface area contributed by atoms with Crippen LogP contribution in [-0.2, 0) is 16.6 Å². The topological polar surface area (TPSA) is 60.7 Å². The van der Waals surface area contributed by atoms with Gasteiger partial charge < -0.3 is 9.30 Å². The number of para-hydroxylation sites is 1. The molecule has 1 amide bonds. The van der Waals surface area contributed by atoms with E-state index >= 15 is 0 Å². The van der Waals surface area contributed by atoms with E-state index in [1.807, 2.05) is 48.0 Å². The van der Waals surface area contributed by atoms with E-state index in [-0.39, 0.29) is 18.3 Å². The molecule has 5 nitrogen and oxygen atoms in total. The number of esters is 1. The predicted molar refractivity (Wildman–Crippen MR) is 90.6 cm³/mol. The van der Waals surface area contributed by atoms with Gasteiger partial charge in [-0.2, -0.15) is 4.99 Å². The highest BCUT2D eigenvalue weighted by molar-refractivity contribution is 7.16. The van der Waals surface area contributed by atoms with Gasteiger partial charge in [0.25, 0.3) is 5.91 Å². The lowest BCUT2D eigenvalue weighted by Gasteiger charge is -2.07. The number of amides is 1. The number of cyclic esters (lactones) is 1. The van der Waals surface area contributed by atoms with Crippen molar-refractivity contribution in [2.75, 3.05) is 0 Å². The van der Waals surface area contributed by atoms with Crippen LogP contribution >= 0.6 is 11.3 Å². The molecule has 4 rings (SSSR count). The van der Waals surface area contributed by atoms with E-state index in [0.29, 0.717) is 10.4 Å². The summed E-state index contributed by atoms with van der Waals surface area (Å²) in [6.07, 6.45) is -0.499. The number of nitrogens with zero attached hydrogens (tertiary/aromatic N) is 2. The van der Waals surface area contributed by atoms with Crippen LogP contribution in [0.15, 0.2) is 53.5 Å². The lowest BCUT2D eigenvalue weighted by molar-refractivity contribution is -0.119. The Hall–Kier alpha value is -2.73. The summed E-state index contributed by atoms with van der Waals surface area (Å²) in [5.74, 6) is -0.678. The average Bonchev–Trinajstić information content (AvgIpc) is 3.06. The van der Waals surface area contributed by atoms with Crippen LogP contribution in [0.3, 0.4) is 0 Å². The van der Waals surface area contributed by atoms with Crippen LogP contribution < -0.4 is 4.80 Å². The van der Waals surface area contributed by atoms with Gasteiger partial charge in [-0.1, -0.05) is 41.7 Å². The van der Waals surface area contributed by atoms with Gasteiger partial charge in [0, 0.05) is 12.6 Å². The molecule has 0 bridgehead atoms. The number of carbonyl (C=O) groups excluding carboxylic acids is 2. The van der Waals surface area contributed by atoms with Gasteiger partial charge in [-0.25, -0.2) is 4.79 Å². The predicted octanol–water partition coefficient (Wildman–Crippen LogP) is 2.97. The third-order valence-electron chi connectivity index (χ3n) is 4.07. The molecule has 2 heterocycles. The number of carbonyl (C=O) groups is 2. The Bertz CT molecular complexity index is 1030. The van der Waals surface area contributed by atoms with E-state index < -0.39 is 6.10 Å². The molecule has 0 saturated heterocycles. The fourth-order valence-corrected chi connectivity index (χ4v) is 3.91. The Kier molecular flexibility index (Phi) is 3.54. The van der Waals surface area contributed by atoms with E-state index in [0.717, 1.165) is 15.8 Å². The van der Waals surface area contributed by atoms with Gasteiger partial charge >= 0.3 is 5.97 Å². The molecule has 1 aliphatic heterocycles. The van der Waals surface area contributed by atoms with Crippen molar-refractivity contribution in [2.45, 2.75) is 12.5 Å². The summed E-state index contributed by atoms with van der Waals surface area (Å²) in [6, 6.07) is 15.0. The van der Waals surface area contributed by atoms with Gasteiger partial charge in [0.2, 0.25) is 0 Å².